The van der Waals surface area contributed by atoms with E-state index in [2.05, 4.69) is 58.5 Å². The molecule has 0 atom stereocenters. The van der Waals surface area contributed by atoms with Gasteiger partial charge in [-0.05, 0) is 24.3 Å². The number of hydrogen-bond donors (Lipinski definition) is 2. The highest BCUT2D eigenvalue weighted by Crippen LogP contribution is 2.37. The largest absolute Gasteiger partial charge is 0.453 e. The molecule has 6 rings (SSSR count). The van der Waals surface area contributed by atoms with Crippen molar-refractivity contribution < 1.29 is 4.74 Å². The van der Waals surface area contributed by atoms with Crippen LogP contribution in [0, 0.1) is 0 Å². The summed E-state index contributed by atoms with van der Waals surface area (Å²) in [5.74, 6) is 1.66. The summed E-state index contributed by atoms with van der Waals surface area (Å²) >= 11 is 0. The zero-order valence-electron chi connectivity index (χ0n) is 14.5. The van der Waals surface area contributed by atoms with E-state index < -0.39 is 0 Å². The highest BCUT2D eigenvalue weighted by atomic mass is 16.5. The molecule has 27 heavy (non-hydrogen) atoms. The Morgan fingerprint density at radius 2 is 0.889 bits per heavy atom. The van der Waals surface area contributed by atoms with Crippen LogP contribution in [0.3, 0.4) is 0 Å². The predicted molar refractivity (Wildman–Crippen MR) is 112 cm³/mol. The van der Waals surface area contributed by atoms with Crippen LogP contribution in [0.25, 0.3) is 43.6 Å². The molecule has 0 saturated heterocycles. The molecule has 0 aliphatic carbocycles. The van der Waals surface area contributed by atoms with Gasteiger partial charge in [-0.3, -0.25) is 0 Å². The molecule has 0 aliphatic heterocycles. The number of rotatable bonds is 2. The van der Waals surface area contributed by atoms with E-state index in [1.54, 1.807) is 0 Å². The smallest absolute Gasteiger partial charge is 0.151 e. The van der Waals surface area contributed by atoms with Gasteiger partial charge in [-0.25, -0.2) is 0 Å². The van der Waals surface area contributed by atoms with E-state index in [0.29, 0.717) is 0 Å². The molecular weight excluding hydrogens is 332 g/mol. The van der Waals surface area contributed by atoms with Crippen molar-refractivity contribution in [3.8, 4) is 11.5 Å². The zero-order chi connectivity index (χ0) is 17.8. The quantitative estimate of drug-likeness (QED) is 0.357. The van der Waals surface area contributed by atoms with Crippen molar-refractivity contribution in [2.45, 2.75) is 0 Å². The molecule has 0 saturated carbocycles. The van der Waals surface area contributed by atoms with Gasteiger partial charge in [0.15, 0.2) is 11.5 Å². The van der Waals surface area contributed by atoms with Gasteiger partial charge >= 0.3 is 0 Å². The van der Waals surface area contributed by atoms with Gasteiger partial charge in [0.25, 0.3) is 0 Å². The highest BCUT2D eigenvalue weighted by molar-refractivity contribution is 6.10. The first-order chi connectivity index (χ1) is 13.4. The molecule has 3 nitrogen and oxygen atoms in total. The zero-order valence-corrected chi connectivity index (χ0v) is 14.5. The minimum atomic E-state index is 0.829. The monoisotopic (exact) mass is 348 g/mol. The summed E-state index contributed by atoms with van der Waals surface area (Å²) < 4.78 is 6.40. The number of ether oxygens (including phenoxy) is 1. The third-order valence-electron chi connectivity index (χ3n) is 5.23. The number of hydrogen-bond acceptors (Lipinski definition) is 1. The van der Waals surface area contributed by atoms with E-state index in [1.807, 2.05) is 36.4 Å². The number of nitrogens with one attached hydrogen (secondary N) is 2. The van der Waals surface area contributed by atoms with Crippen molar-refractivity contribution in [3.05, 3.63) is 84.9 Å². The first-order valence-electron chi connectivity index (χ1n) is 9.05. The van der Waals surface area contributed by atoms with E-state index in [1.165, 1.54) is 21.5 Å². The second-order valence-electron chi connectivity index (χ2n) is 6.80. The van der Waals surface area contributed by atoms with Crippen LogP contribution in [0.1, 0.15) is 0 Å². The minimum absolute atomic E-state index is 0.829. The number of benzene rings is 4. The van der Waals surface area contributed by atoms with E-state index in [-0.39, 0.29) is 0 Å². The van der Waals surface area contributed by atoms with Gasteiger partial charge < -0.3 is 14.7 Å². The van der Waals surface area contributed by atoms with Crippen LogP contribution >= 0.6 is 0 Å². The molecule has 6 aromatic rings. The van der Waals surface area contributed by atoms with Gasteiger partial charge in [0.2, 0.25) is 0 Å². The second-order valence-corrected chi connectivity index (χ2v) is 6.80. The standard InChI is InChI=1S/C24H16N2O/c1-3-11-19-15(7-1)17-9-5-13-21(23(17)25-19)27-22-14-6-10-18-16-8-2-4-12-20(16)26-24(18)22/h1-14,25-26H. The summed E-state index contributed by atoms with van der Waals surface area (Å²) in [7, 11) is 0. The third kappa shape index (κ3) is 2.09. The van der Waals surface area contributed by atoms with Crippen LogP contribution in [0.2, 0.25) is 0 Å². The van der Waals surface area contributed by atoms with Crippen molar-refractivity contribution in [2.24, 2.45) is 0 Å². The Bertz CT molecular complexity index is 1340. The molecule has 0 aliphatic rings. The molecular formula is C24H16N2O. The fourth-order valence-electron chi connectivity index (χ4n) is 3.98. The van der Waals surface area contributed by atoms with Crippen LogP contribution < -0.4 is 4.74 Å². The Labute approximate surface area is 155 Å². The molecule has 2 heterocycles. The maximum absolute atomic E-state index is 6.40. The molecule has 2 aromatic heterocycles. The molecule has 0 fully saturated rings. The second kappa shape index (κ2) is 5.39. The SMILES string of the molecule is c1ccc2c(c1)[nH]c1c(Oc3cccc4c3[nH]c3ccccc34)cccc12. The molecule has 128 valence electrons. The fraction of sp³-hybridized carbons (Fsp3) is 0. The summed E-state index contributed by atoms with van der Waals surface area (Å²) in [6.07, 6.45) is 0. The van der Waals surface area contributed by atoms with Crippen molar-refractivity contribution in [1.82, 2.24) is 9.97 Å². The molecule has 3 heteroatoms. The fourth-order valence-corrected chi connectivity index (χ4v) is 3.98. The maximum Gasteiger partial charge on any atom is 0.151 e. The Balaban J connectivity index is 1.57. The molecule has 0 radical (unpaired) electrons. The van der Waals surface area contributed by atoms with Gasteiger partial charge in [-0.1, -0.05) is 60.7 Å². The number of aromatic nitrogens is 2. The van der Waals surface area contributed by atoms with Gasteiger partial charge in [0.1, 0.15) is 0 Å². The molecule has 0 bridgehead atoms. The summed E-state index contributed by atoms with van der Waals surface area (Å²) in [6, 6.07) is 29.1. The number of para-hydroxylation sites is 4. The van der Waals surface area contributed by atoms with E-state index in [9.17, 15) is 0 Å². The first kappa shape index (κ1) is 14.4. The minimum Gasteiger partial charge on any atom is -0.453 e. The van der Waals surface area contributed by atoms with Crippen LogP contribution in [0.15, 0.2) is 84.9 Å². The summed E-state index contributed by atoms with van der Waals surface area (Å²) in [5, 5.41) is 4.77. The number of H-pyrrole nitrogens is 2. The van der Waals surface area contributed by atoms with E-state index in [4.69, 9.17) is 4.74 Å². The lowest BCUT2D eigenvalue weighted by Crippen LogP contribution is -1.87. The van der Waals surface area contributed by atoms with Crippen molar-refractivity contribution in [2.75, 3.05) is 0 Å². The molecule has 0 amide bonds. The van der Waals surface area contributed by atoms with Crippen LogP contribution in [0.4, 0.5) is 0 Å². The van der Waals surface area contributed by atoms with E-state index in [0.717, 1.165) is 33.6 Å². The van der Waals surface area contributed by atoms with Crippen LogP contribution in [-0.4, -0.2) is 9.97 Å². The molecule has 4 aromatic carbocycles. The van der Waals surface area contributed by atoms with Gasteiger partial charge in [-0.2, -0.15) is 0 Å². The lowest BCUT2D eigenvalue weighted by molar-refractivity contribution is 0.492. The van der Waals surface area contributed by atoms with Gasteiger partial charge in [0.05, 0.1) is 11.0 Å². The van der Waals surface area contributed by atoms with Gasteiger partial charge in [-0.15, -0.1) is 0 Å². The van der Waals surface area contributed by atoms with Crippen molar-refractivity contribution in [3.63, 3.8) is 0 Å². The third-order valence-corrected chi connectivity index (χ3v) is 5.23. The Hall–Kier alpha value is -3.72. The first-order valence-corrected chi connectivity index (χ1v) is 9.05. The lowest BCUT2D eigenvalue weighted by Gasteiger charge is -2.08. The van der Waals surface area contributed by atoms with E-state index >= 15 is 0 Å². The Morgan fingerprint density at radius 3 is 1.41 bits per heavy atom. The summed E-state index contributed by atoms with van der Waals surface area (Å²) in [4.78, 5) is 7.01. The average Bonchev–Trinajstić information content (AvgIpc) is 3.28. The average molecular weight is 348 g/mol. The topological polar surface area (TPSA) is 40.8 Å². The van der Waals surface area contributed by atoms with Crippen LogP contribution in [-0.2, 0) is 0 Å². The summed E-state index contributed by atoms with van der Waals surface area (Å²) in [6.45, 7) is 0. The number of aromatic amines is 2. The Morgan fingerprint density at radius 1 is 0.444 bits per heavy atom. The lowest BCUT2D eigenvalue weighted by atomic mass is 10.1. The normalized spacial score (nSPS) is 11.7. The highest BCUT2D eigenvalue weighted by Gasteiger charge is 2.12. The molecule has 2 N–H and O–H groups in total. The predicted octanol–water partition coefficient (Wildman–Crippen LogP) is 6.75. The molecule has 0 unspecified atom stereocenters. The Kier molecular flexibility index (Phi) is 2.88. The van der Waals surface area contributed by atoms with Gasteiger partial charge in [0, 0.05) is 32.6 Å². The summed E-state index contributed by atoms with van der Waals surface area (Å²) in [5.41, 5.74) is 4.28. The molecule has 0 spiro atoms. The maximum atomic E-state index is 6.40. The number of fused-ring (bicyclic) bond motifs is 6. The van der Waals surface area contributed by atoms with Crippen LogP contribution in [0.5, 0.6) is 11.5 Å². The van der Waals surface area contributed by atoms with Crippen molar-refractivity contribution in [1.29, 1.82) is 0 Å². The van der Waals surface area contributed by atoms with Crippen molar-refractivity contribution >= 4 is 43.6 Å².